The van der Waals surface area contributed by atoms with E-state index in [9.17, 15) is 13.6 Å². The molecule has 0 saturated carbocycles. The highest BCUT2D eigenvalue weighted by Gasteiger charge is 2.25. The number of hydrogen-bond donors (Lipinski definition) is 0. The Kier molecular flexibility index (Phi) is 6.33. The lowest BCUT2D eigenvalue weighted by molar-refractivity contribution is 0.0766. The number of hydrogen-bond acceptors (Lipinski definition) is 3. The number of amides is 1. The smallest absolute Gasteiger partial charge is 0.253 e. The Hall–Kier alpha value is -2.86. The minimum atomic E-state index is -0.443. The largest absolute Gasteiger partial charge is 0.457 e. The molecule has 0 aromatic heterocycles. The van der Waals surface area contributed by atoms with Gasteiger partial charge in [-0.2, -0.15) is 11.8 Å². The molecule has 3 aromatic carbocycles. The van der Waals surface area contributed by atoms with Crippen molar-refractivity contribution in [3.63, 3.8) is 0 Å². The highest BCUT2D eigenvalue weighted by atomic mass is 32.2. The number of para-hydroxylation sites is 1. The number of halogens is 2. The molecule has 0 aliphatic carbocycles. The first-order chi connectivity index (χ1) is 14.6. The molecule has 0 spiro atoms. The number of carbonyl (C=O) groups is 1. The van der Waals surface area contributed by atoms with Crippen molar-refractivity contribution < 1.29 is 18.3 Å². The van der Waals surface area contributed by atoms with E-state index in [-0.39, 0.29) is 11.2 Å². The van der Waals surface area contributed by atoms with E-state index in [0.717, 1.165) is 17.9 Å². The quantitative estimate of drug-likeness (QED) is 0.508. The van der Waals surface area contributed by atoms with Crippen LogP contribution in [-0.2, 0) is 0 Å². The molecule has 3 nitrogen and oxygen atoms in total. The molecule has 1 aliphatic rings. The van der Waals surface area contributed by atoms with E-state index in [4.69, 9.17) is 4.74 Å². The van der Waals surface area contributed by atoms with Gasteiger partial charge in [-0.25, -0.2) is 8.78 Å². The zero-order valence-corrected chi connectivity index (χ0v) is 17.1. The molecule has 3 aromatic rings. The van der Waals surface area contributed by atoms with Gasteiger partial charge in [-0.3, -0.25) is 4.79 Å². The van der Waals surface area contributed by atoms with Crippen LogP contribution in [0.2, 0.25) is 0 Å². The van der Waals surface area contributed by atoms with E-state index in [2.05, 4.69) is 0 Å². The van der Waals surface area contributed by atoms with Gasteiger partial charge in [0.1, 0.15) is 23.1 Å². The van der Waals surface area contributed by atoms with Gasteiger partial charge in [-0.1, -0.05) is 18.2 Å². The first kappa shape index (κ1) is 20.4. The zero-order valence-electron chi connectivity index (χ0n) is 16.3. The van der Waals surface area contributed by atoms with Gasteiger partial charge in [-0.05, 0) is 61.0 Å². The van der Waals surface area contributed by atoms with Crippen molar-refractivity contribution in [3.05, 3.63) is 95.6 Å². The Balaban J connectivity index is 1.40. The molecule has 1 aliphatic heterocycles. The normalized spacial score (nSPS) is 16.7. The molecule has 6 heteroatoms. The topological polar surface area (TPSA) is 29.5 Å². The predicted molar refractivity (Wildman–Crippen MR) is 115 cm³/mol. The SMILES string of the molecule is O=C(c1ccc(Oc2ccccc2)cc1)N1CCSC(c2cc(F)ccc2F)CC1. The molecule has 0 N–H and O–H groups in total. The summed E-state index contributed by atoms with van der Waals surface area (Å²) in [5, 5.41) is -0.167. The summed E-state index contributed by atoms with van der Waals surface area (Å²) in [4.78, 5) is 14.7. The summed E-state index contributed by atoms with van der Waals surface area (Å²) in [5.74, 6) is 1.15. The van der Waals surface area contributed by atoms with Crippen molar-refractivity contribution in [3.8, 4) is 11.5 Å². The second-order valence-corrected chi connectivity index (χ2v) is 8.36. The maximum Gasteiger partial charge on any atom is 0.253 e. The van der Waals surface area contributed by atoms with Crippen LogP contribution in [-0.4, -0.2) is 29.6 Å². The van der Waals surface area contributed by atoms with Gasteiger partial charge in [0, 0.05) is 35.2 Å². The average Bonchev–Trinajstić information content (AvgIpc) is 3.02. The summed E-state index contributed by atoms with van der Waals surface area (Å²) < 4.78 is 33.4. The molecule has 30 heavy (non-hydrogen) atoms. The third kappa shape index (κ3) is 4.82. The summed E-state index contributed by atoms with van der Waals surface area (Å²) in [6.07, 6.45) is 0.575. The molecular formula is C24H21F2NO2S. The first-order valence-electron chi connectivity index (χ1n) is 9.79. The van der Waals surface area contributed by atoms with E-state index in [1.54, 1.807) is 40.9 Å². The zero-order chi connectivity index (χ0) is 20.9. The van der Waals surface area contributed by atoms with Crippen molar-refractivity contribution in [1.82, 2.24) is 4.90 Å². The van der Waals surface area contributed by atoms with Gasteiger partial charge in [0.15, 0.2) is 0 Å². The molecule has 0 bridgehead atoms. The maximum atomic E-state index is 14.1. The van der Waals surface area contributed by atoms with Crippen molar-refractivity contribution in [2.24, 2.45) is 0 Å². The lowest BCUT2D eigenvalue weighted by Crippen LogP contribution is -2.32. The Morgan fingerprint density at radius 1 is 0.933 bits per heavy atom. The first-order valence-corrected chi connectivity index (χ1v) is 10.8. The Morgan fingerprint density at radius 3 is 2.43 bits per heavy atom. The van der Waals surface area contributed by atoms with E-state index < -0.39 is 11.6 Å². The lowest BCUT2D eigenvalue weighted by Gasteiger charge is -2.20. The van der Waals surface area contributed by atoms with Gasteiger partial charge in [0.25, 0.3) is 5.91 Å². The van der Waals surface area contributed by atoms with Gasteiger partial charge >= 0.3 is 0 Å². The minimum Gasteiger partial charge on any atom is -0.457 e. The number of benzene rings is 3. The fourth-order valence-electron chi connectivity index (χ4n) is 3.46. The summed E-state index contributed by atoms with van der Waals surface area (Å²) in [6, 6.07) is 20.1. The van der Waals surface area contributed by atoms with Crippen molar-refractivity contribution in [2.45, 2.75) is 11.7 Å². The molecule has 1 heterocycles. The maximum absolute atomic E-state index is 14.1. The fraction of sp³-hybridized carbons (Fsp3) is 0.208. The van der Waals surface area contributed by atoms with E-state index in [1.165, 1.54) is 6.07 Å². The minimum absolute atomic E-state index is 0.0674. The molecular weight excluding hydrogens is 404 g/mol. The second kappa shape index (κ2) is 9.30. The highest BCUT2D eigenvalue weighted by molar-refractivity contribution is 7.99. The molecule has 154 valence electrons. The fourth-order valence-corrected chi connectivity index (χ4v) is 4.70. The van der Waals surface area contributed by atoms with Crippen LogP contribution in [0.3, 0.4) is 0 Å². The van der Waals surface area contributed by atoms with Crippen LogP contribution in [0, 0.1) is 11.6 Å². The number of nitrogens with zero attached hydrogens (tertiary/aromatic N) is 1. The van der Waals surface area contributed by atoms with Gasteiger partial charge in [0.2, 0.25) is 0 Å². The summed E-state index contributed by atoms with van der Waals surface area (Å²) in [5.41, 5.74) is 0.951. The Morgan fingerprint density at radius 2 is 1.67 bits per heavy atom. The Labute approximate surface area is 178 Å². The standard InChI is InChI=1S/C24H21F2NO2S/c25-18-8-11-22(26)21(16-18)23-12-13-27(14-15-30-23)24(28)17-6-9-20(10-7-17)29-19-4-2-1-3-5-19/h1-11,16,23H,12-15H2. The van der Waals surface area contributed by atoms with Crippen LogP contribution >= 0.6 is 11.8 Å². The predicted octanol–water partition coefficient (Wildman–Crippen LogP) is 6.08. The molecule has 4 rings (SSSR count). The number of thioether (sulfide) groups is 1. The average molecular weight is 426 g/mol. The van der Waals surface area contributed by atoms with Crippen LogP contribution in [0.5, 0.6) is 11.5 Å². The number of carbonyl (C=O) groups excluding carboxylic acids is 1. The molecule has 1 unspecified atom stereocenters. The van der Waals surface area contributed by atoms with Gasteiger partial charge in [0.05, 0.1) is 0 Å². The third-order valence-electron chi connectivity index (χ3n) is 5.01. The van der Waals surface area contributed by atoms with Crippen LogP contribution < -0.4 is 4.74 Å². The van der Waals surface area contributed by atoms with Gasteiger partial charge < -0.3 is 9.64 Å². The molecule has 1 fully saturated rings. The van der Waals surface area contributed by atoms with Crippen molar-refractivity contribution >= 4 is 17.7 Å². The van der Waals surface area contributed by atoms with Crippen LogP contribution in [0.1, 0.15) is 27.6 Å². The van der Waals surface area contributed by atoms with Crippen LogP contribution in [0.15, 0.2) is 72.8 Å². The van der Waals surface area contributed by atoms with Crippen molar-refractivity contribution in [1.29, 1.82) is 0 Å². The lowest BCUT2D eigenvalue weighted by atomic mass is 10.1. The van der Waals surface area contributed by atoms with Crippen LogP contribution in [0.4, 0.5) is 8.78 Å². The number of rotatable bonds is 4. The van der Waals surface area contributed by atoms with E-state index in [0.29, 0.717) is 42.1 Å². The van der Waals surface area contributed by atoms with Gasteiger partial charge in [-0.15, -0.1) is 0 Å². The molecule has 0 radical (unpaired) electrons. The molecule has 1 atom stereocenters. The van der Waals surface area contributed by atoms with Crippen molar-refractivity contribution in [2.75, 3.05) is 18.8 Å². The molecule has 1 saturated heterocycles. The number of ether oxygens (including phenoxy) is 1. The summed E-state index contributed by atoms with van der Waals surface area (Å²) in [7, 11) is 0. The van der Waals surface area contributed by atoms with E-state index >= 15 is 0 Å². The second-order valence-electron chi connectivity index (χ2n) is 7.05. The summed E-state index contributed by atoms with van der Waals surface area (Å²) >= 11 is 1.56. The van der Waals surface area contributed by atoms with E-state index in [1.807, 2.05) is 30.3 Å². The molecule has 1 amide bonds. The summed E-state index contributed by atoms with van der Waals surface area (Å²) in [6.45, 7) is 1.06. The monoisotopic (exact) mass is 425 g/mol. The van der Waals surface area contributed by atoms with Crippen LogP contribution in [0.25, 0.3) is 0 Å². The highest BCUT2D eigenvalue weighted by Crippen LogP contribution is 2.36. The third-order valence-corrected chi connectivity index (χ3v) is 6.32. The Bertz CT molecular complexity index is 1010.